The Morgan fingerprint density at radius 2 is 1.94 bits per heavy atom. The molecule has 0 unspecified atom stereocenters. The fraction of sp³-hybridized carbons (Fsp3) is 0.462. The lowest BCUT2D eigenvalue weighted by Crippen LogP contribution is -2.23. The summed E-state index contributed by atoms with van der Waals surface area (Å²) in [5.41, 5.74) is 1.79. The van der Waals surface area contributed by atoms with Gasteiger partial charge in [0.05, 0.1) is 17.9 Å². The maximum absolute atomic E-state index is 11.6. The third kappa shape index (κ3) is 3.59. The molecule has 0 fully saturated rings. The predicted molar refractivity (Wildman–Crippen MR) is 78.7 cm³/mol. The quantitative estimate of drug-likeness (QED) is 0.605. The first kappa shape index (κ1) is 14.3. The molecule has 0 N–H and O–H groups in total. The van der Waals surface area contributed by atoms with Crippen LogP contribution in [-0.4, -0.2) is 25.7 Å². The van der Waals surface area contributed by atoms with Crippen molar-refractivity contribution < 1.29 is 9.53 Å². The van der Waals surface area contributed by atoms with Crippen LogP contribution in [-0.2, 0) is 4.74 Å². The van der Waals surface area contributed by atoms with Crippen molar-refractivity contribution in [2.24, 2.45) is 0 Å². The predicted octanol–water partition coefficient (Wildman–Crippen LogP) is 3.31. The minimum Gasteiger partial charge on any atom is -0.462 e. The second kappa shape index (κ2) is 6.83. The molecule has 0 bridgehead atoms. The van der Waals surface area contributed by atoms with Gasteiger partial charge in [-0.25, -0.2) is 4.79 Å². The first-order chi connectivity index (χ1) is 8.13. The van der Waals surface area contributed by atoms with Crippen LogP contribution in [0.1, 0.15) is 31.1 Å². The van der Waals surface area contributed by atoms with Gasteiger partial charge >= 0.3 is 5.97 Å². The molecule has 0 radical (unpaired) electrons. The van der Waals surface area contributed by atoms with Crippen LogP contribution >= 0.6 is 22.6 Å². The van der Waals surface area contributed by atoms with Gasteiger partial charge in [0.2, 0.25) is 0 Å². The van der Waals surface area contributed by atoms with E-state index in [1.807, 2.05) is 25.1 Å². The van der Waals surface area contributed by atoms with E-state index in [2.05, 4.69) is 41.3 Å². The highest BCUT2D eigenvalue weighted by molar-refractivity contribution is 14.1. The highest BCUT2D eigenvalue weighted by Crippen LogP contribution is 2.24. The van der Waals surface area contributed by atoms with Gasteiger partial charge in [0, 0.05) is 16.7 Å². The number of anilines is 1. The summed E-state index contributed by atoms with van der Waals surface area (Å²) in [5, 5.41) is 0. The average Bonchev–Trinajstić information content (AvgIpc) is 2.32. The molecule has 0 atom stereocenters. The Morgan fingerprint density at radius 1 is 1.29 bits per heavy atom. The number of esters is 1. The minimum absolute atomic E-state index is 0.253. The van der Waals surface area contributed by atoms with Crippen molar-refractivity contribution in [1.29, 1.82) is 0 Å². The van der Waals surface area contributed by atoms with Gasteiger partial charge in [-0.05, 0) is 61.6 Å². The Kier molecular flexibility index (Phi) is 5.74. The lowest BCUT2D eigenvalue weighted by molar-refractivity contribution is 0.0526. The molecule has 94 valence electrons. The Morgan fingerprint density at radius 3 is 2.41 bits per heavy atom. The Labute approximate surface area is 116 Å². The van der Waals surface area contributed by atoms with E-state index in [0.29, 0.717) is 12.2 Å². The molecule has 0 aromatic heterocycles. The second-order valence-electron chi connectivity index (χ2n) is 3.56. The molecule has 0 spiro atoms. The standard InChI is InChI=1S/C13H18INO2/c1-4-15(5-2)12-8-7-10(9-11(12)14)13(16)17-6-3/h7-9H,4-6H2,1-3H3. The van der Waals surface area contributed by atoms with Gasteiger partial charge in [0.25, 0.3) is 0 Å². The van der Waals surface area contributed by atoms with Gasteiger partial charge in [-0.3, -0.25) is 0 Å². The number of ether oxygens (including phenoxy) is 1. The van der Waals surface area contributed by atoms with Gasteiger partial charge < -0.3 is 9.64 Å². The fourth-order valence-corrected chi connectivity index (χ4v) is 2.53. The van der Waals surface area contributed by atoms with Crippen LogP contribution in [0.15, 0.2) is 18.2 Å². The molecule has 0 amide bonds. The maximum atomic E-state index is 11.6. The zero-order chi connectivity index (χ0) is 12.8. The summed E-state index contributed by atoms with van der Waals surface area (Å²) >= 11 is 2.26. The molecule has 17 heavy (non-hydrogen) atoms. The largest absolute Gasteiger partial charge is 0.462 e. The highest BCUT2D eigenvalue weighted by atomic mass is 127. The van der Waals surface area contributed by atoms with Gasteiger partial charge in [-0.15, -0.1) is 0 Å². The number of carbonyl (C=O) groups excluding carboxylic acids is 1. The average molecular weight is 347 g/mol. The number of carbonyl (C=O) groups is 1. The molecule has 4 heteroatoms. The van der Waals surface area contributed by atoms with Crippen LogP contribution in [0.4, 0.5) is 5.69 Å². The maximum Gasteiger partial charge on any atom is 0.338 e. The fourth-order valence-electron chi connectivity index (χ4n) is 1.67. The van der Waals surface area contributed by atoms with Gasteiger partial charge in [-0.2, -0.15) is 0 Å². The summed E-state index contributed by atoms with van der Waals surface area (Å²) in [6.45, 7) is 8.40. The van der Waals surface area contributed by atoms with Crippen LogP contribution in [0.5, 0.6) is 0 Å². The lowest BCUT2D eigenvalue weighted by Gasteiger charge is -2.22. The normalized spacial score (nSPS) is 10.1. The van der Waals surface area contributed by atoms with Gasteiger partial charge in [0.15, 0.2) is 0 Å². The molecule has 0 heterocycles. The molecule has 0 saturated carbocycles. The second-order valence-corrected chi connectivity index (χ2v) is 4.72. The first-order valence-corrected chi connectivity index (χ1v) is 6.93. The molecule has 0 aliphatic heterocycles. The summed E-state index contributed by atoms with van der Waals surface area (Å²) in [4.78, 5) is 13.8. The summed E-state index contributed by atoms with van der Waals surface area (Å²) in [6, 6.07) is 5.70. The highest BCUT2D eigenvalue weighted by Gasteiger charge is 2.11. The van der Waals surface area contributed by atoms with Crippen molar-refractivity contribution in [2.75, 3.05) is 24.6 Å². The number of benzene rings is 1. The Bertz CT molecular complexity index is 389. The molecule has 0 aliphatic carbocycles. The van der Waals surface area contributed by atoms with E-state index >= 15 is 0 Å². The number of hydrogen-bond donors (Lipinski definition) is 0. The van der Waals surface area contributed by atoms with E-state index in [9.17, 15) is 4.79 Å². The third-order valence-corrected chi connectivity index (χ3v) is 3.43. The molecule has 0 aliphatic rings. The van der Waals surface area contributed by atoms with Gasteiger partial charge in [-0.1, -0.05) is 0 Å². The molecule has 1 aromatic rings. The zero-order valence-electron chi connectivity index (χ0n) is 10.5. The van der Waals surface area contributed by atoms with Crippen LogP contribution in [0, 0.1) is 3.57 Å². The summed E-state index contributed by atoms with van der Waals surface area (Å²) in [7, 11) is 0. The van der Waals surface area contributed by atoms with Crippen LogP contribution in [0.3, 0.4) is 0 Å². The van der Waals surface area contributed by atoms with E-state index in [-0.39, 0.29) is 5.97 Å². The molecular formula is C13H18INO2. The number of rotatable bonds is 5. The zero-order valence-corrected chi connectivity index (χ0v) is 12.7. The van der Waals surface area contributed by atoms with E-state index in [1.165, 1.54) is 5.69 Å². The van der Waals surface area contributed by atoms with Crippen molar-refractivity contribution >= 4 is 34.2 Å². The lowest BCUT2D eigenvalue weighted by atomic mass is 10.2. The molecule has 3 nitrogen and oxygen atoms in total. The Hall–Kier alpha value is -0.780. The monoisotopic (exact) mass is 347 g/mol. The van der Waals surface area contributed by atoms with E-state index in [0.717, 1.165) is 16.7 Å². The minimum atomic E-state index is -0.253. The summed E-state index contributed by atoms with van der Waals surface area (Å²) < 4.78 is 6.06. The summed E-state index contributed by atoms with van der Waals surface area (Å²) in [5.74, 6) is -0.253. The molecule has 1 aromatic carbocycles. The molecule has 1 rings (SSSR count). The van der Waals surface area contributed by atoms with Crippen LogP contribution < -0.4 is 4.90 Å². The van der Waals surface area contributed by atoms with Gasteiger partial charge in [0.1, 0.15) is 0 Å². The van der Waals surface area contributed by atoms with Crippen molar-refractivity contribution in [2.45, 2.75) is 20.8 Å². The molecular weight excluding hydrogens is 329 g/mol. The Balaban J connectivity index is 2.97. The van der Waals surface area contributed by atoms with Crippen LogP contribution in [0.2, 0.25) is 0 Å². The number of nitrogens with zero attached hydrogens (tertiary/aromatic N) is 1. The SMILES string of the molecule is CCOC(=O)c1ccc(N(CC)CC)c(I)c1. The number of halogens is 1. The van der Waals surface area contributed by atoms with Crippen molar-refractivity contribution in [1.82, 2.24) is 0 Å². The number of hydrogen-bond acceptors (Lipinski definition) is 3. The van der Waals surface area contributed by atoms with E-state index in [1.54, 1.807) is 0 Å². The van der Waals surface area contributed by atoms with Crippen LogP contribution in [0.25, 0.3) is 0 Å². The van der Waals surface area contributed by atoms with Crippen molar-refractivity contribution in [3.05, 3.63) is 27.3 Å². The third-order valence-electron chi connectivity index (χ3n) is 2.56. The van der Waals surface area contributed by atoms with Crippen molar-refractivity contribution in [3.8, 4) is 0 Å². The topological polar surface area (TPSA) is 29.5 Å². The smallest absolute Gasteiger partial charge is 0.338 e. The van der Waals surface area contributed by atoms with E-state index in [4.69, 9.17) is 4.74 Å². The first-order valence-electron chi connectivity index (χ1n) is 5.85. The summed E-state index contributed by atoms with van der Waals surface area (Å²) in [6.07, 6.45) is 0. The van der Waals surface area contributed by atoms with E-state index < -0.39 is 0 Å². The molecule has 0 saturated heterocycles. The van der Waals surface area contributed by atoms with Crippen molar-refractivity contribution in [3.63, 3.8) is 0 Å².